The average molecular weight is 347 g/mol. The molecule has 0 aliphatic rings. The highest BCUT2D eigenvalue weighted by Crippen LogP contribution is 2.17. The van der Waals surface area contributed by atoms with Crippen molar-refractivity contribution in [2.45, 2.75) is 19.3 Å². The minimum absolute atomic E-state index is 0.0907. The fraction of sp³-hybridized carbons (Fsp3) is 0.190. The highest BCUT2D eigenvalue weighted by atomic mass is 32.2. The summed E-state index contributed by atoms with van der Waals surface area (Å²) in [4.78, 5) is 0. The van der Waals surface area contributed by atoms with Gasteiger partial charge in [0.05, 0.1) is 24.2 Å². The highest BCUT2D eigenvalue weighted by Gasteiger charge is 2.11. The lowest BCUT2D eigenvalue weighted by Gasteiger charge is -2.08. The molecule has 3 nitrogen and oxygen atoms in total. The molecule has 0 bridgehead atoms. The highest BCUT2D eigenvalue weighted by molar-refractivity contribution is 7.79. The molecule has 2 atom stereocenters. The van der Waals surface area contributed by atoms with Gasteiger partial charge >= 0.3 is 0 Å². The molecule has 4 heteroatoms. The van der Waals surface area contributed by atoms with Crippen LogP contribution in [0.25, 0.3) is 0 Å². The molecule has 1 N–H and O–H groups in total. The van der Waals surface area contributed by atoms with E-state index in [1.54, 1.807) is 6.92 Å². The zero-order valence-electron chi connectivity index (χ0n) is 13.8. The van der Waals surface area contributed by atoms with Gasteiger partial charge in [0.1, 0.15) is 0 Å². The van der Waals surface area contributed by atoms with E-state index < -0.39 is 11.1 Å². The Hall–Kier alpha value is -2.84. The maximum Gasteiger partial charge on any atom is 0.154 e. The summed E-state index contributed by atoms with van der Waals surface area (Å²) in [5, 5.41) is 8.87. The van der Waals surface area contributed by atoms with E-state index in [-0.39, 0.29) is 11.7 Å². The lowest BCUT2D eigenvalue weighted by Crippen LogP contribution is -2.07. The minimum Gasteiger partial charge on any atom is -0.306 e. The second kappa shape index (κ2) is 9.45. The zero-order chi connectivity index (χ0) is 18.1. The Morgan fingerprint density at radius 2 is 1.84 bits per heavy atom. The zero-order valence-corrected chi connectivity index (χ0v) is 14.6. The normalized spacial score (nSPS) is 11.9. The molecule has 2 aromatic rings. The van der Waals surface area contributed by atoms with Crippen molar-refractivity contribution in [2.75, 3.05) is 5.75 Å². The second-order valence-corrected chi connectivity index (χ2v) is 6.28. The Morgan fingerprint density at radius 1 is 1.12 bits per heavy atom. The van der Waals surface area contributed by atoms with Crippen molar-refractivity contribution in [1.82, 2.24) is 0 Å². The van der Waals surface area contributed by atoms with Crippen LogP contribution in [0.3, 0.4) is 0 Å². The Labute approximate surface area is 151 Å². The maximum absolute atomic E-state index is 11.1. The maximum atomic E-state index is 11.1. The SMILES string of the molecule is CC#CC(CS(=O)O)c1ccc(C#Cc2ccccc2CC#N)cc1. The summed E-state index contributed by atoms with van der Waals surface area (Å²) >= 11 is -1.89. The number of nitriles is 1. The Bertz CT molecular complexity index is 919. The Balaban J connectivity index is 2.23. The van der Waals surface area contributed by atoms with E-state index >= 15 is 0 Å². The molecule has 2 rings (SSSR count). The summed E-state index contributed by atoms with van der Waals surface area (Å²) in [6.45, 7) is 1.71. The van der Waals surface area contributed by atoms with Crippen LogP contribution in [-0.2, 0) is 17.5 Å². The first-order valence-electron chi connectivity index (χ1n) is 7.70. The molecule has 25 heavy (non-hydrogen) atoms. The number of nitrogens with zero attached hydrogens (tertiary/aromatic N) is 1. The van der Waals surface area contributed by atoms with E-state index in [9.17, 15) is 4.21 Å². The van der Waals surface area contributed by atoms with Crippen molar-refractivity contribution < 1.29 is 8.76 Å². The molecule has 0 saturated carbocycles. The largest absolute Gasteiger partial charge is 0.306 e. The number of rotatable bonds is 4. The van der Waals surface area contributed by atoms with Gasteiger partial charge in [0, 0.05) is 11.1 Å². The van der Waals surface area contributed by atoms with E-state index in [0.717, 1.165) is 22.3 Å². The van der Waals surface area contributed by atoms with Crippen molar-refractivity contribution in [3.63, 3.8) is 0 Å². The molecule has 0 fully saturated rings. The van der Waals surface area contributed by atoms with Gasteiger partial charge in [0.15, 0.2) is 11.1 Å². The van der Waals surface area contributed by atoms with Gasteiger partial charge in [-0.1, -0.05) is 48.1 Å². The summed E-state index contributed by atoms with van der Waals surface area (Å²) in [5.74, 6) is 11.8. The van der Waals surface area contributed by atoms with Crippen molar-refractivity contribution in [3.8, 4) is 29.8 Å². The lowest BCUT2D eigenvalue weighted by molar-refractivity contribution is 0.562. The van der Waals surface area contributed by atoms with Crippen LogP contribution >= 0.6 is 0 Å². The van der Waals surface area contributed by atoms with E-state index in [1.807, 2.05) is 48.5 Å². The van der Waals surface area contributed by atoms with Gasteiger partial charge in [0.25, 0.3) is 0 Å². The van der Waals surface area contributed by atoms with Gasteiger partial charge in [-0.25, -0.2) is 4.21 Å². The summed E-state index contributed by atoms with van der Waals surface area (Å²) < 4.78 is 20.2. The third kappa shape index (κ3) is 5.63. The van der Waals surface area contributed by atoms with Crippen molar-refractivity contribution in [3.05, 3.63) is 70.8 Å². The molecular formula is C21H17NO2S. The number of benzene rings is 2. The molecule has 0 spiro atoms. The molecule has 2 unspecified atom stereocenters. The van der Waals surface area contributed by atoms with E-state index in [4.69, 9.17) is 9.81 Å². The van der Waals surface area contributed by atoms with Gasteiger partial charge in [-0.15, -0.1) is 5.92 Å². The predicted molar refractivity (Wildman–Crippen MR) is 100 cm³/mol. The van der Waals surface area contributed by atoms with Gasteiger partial charge in [-0.05, 0) is 36.2 Å². The van der Waals surface area contributed by atoms with Crippen LogP contribution in [0.2, 0.25) is 0 Å². The first-order valence-corrected chi connectivity index (χ1v) is 8.98. The summed E-state index contributed by atoms with van der Waals surface area (Å²) in [7, 11) is 0. The van der Waals surface area contributed by atoms with E-state index in [0.29, 0.717) is 6.42 Å². The summed E-state index contributed by atoms with van der Waals surface area (Å²) in [6.07, 6.45) is 0.333. The summed E-state index contributed by atoms with van der Waals surface area (Å²) in [5.41, 5.74) is 3.49. The van der Waals surface area contributed by atoms with Crippen molar-refractivity contribution in [2.24, 2.45) is 0 Å². The van der Waals surface area contributed by atoms with E-state index in [1.165, 1.54) is 0 Å². The first kappa shape index (κ1) is 18.5. The van der Waals surface area contributed by atoms with Crippen LogP contribution in [0.5, 0.6) is 0 Å². The van der Waals surface area contributed by atoms with Crippen LogP contribution in [0.4, 0.5) is 0 Å². The summed E-state index contributed by atoms with van der Waals surface area (Å²) in [6, 6.07) is 17.3. The number of hydrogen-bond donors (Lipinski definition) is 1. The number of hydrogen-bond acceptors (Lipinski definition) is 2. The molecule has 0 amide bonds. The van der Waals surface area contributed by atoms with Gasteiger partial charge in [-0.3, -0.25) is 0 Å². The topological polar surface area (TPSA) is 61.1 Å². The van der Waals surface area contributed by atoms with Crippen LogP contribution in [0, 0.1) is 35.0 Å². The monoisotopic (exact) mass is 347 g/mol. The van der Waals surface area contributed by atoms with Crippen molar-refractivity contribution >= 4 is 11.1 Å². The van der Waals surface area contributed by atoms with E-state index in [2.05, 4.69) is 29.8 Å². The molecule has 0 aliphatic heterocycles. The molecule has 124 valence electrons. The Morgan fingerprint density at radius 3 is 2.48 bits per heavy atom. The molecule has 0 radical (unpaired) electrons. The Kier molecular flexibility index (Phi) is 7.00. The predicted octanol–water partition coefficient (Wildman–Crippen LogP) is 3.48. The average Bonchev–Trinajstić information content (AvgIpc) is 2.61. The molecule has 2 aromatic carbocycles. The van der Waals surface area contributed by atoms with Gasteiger partial charge in [0.2, 0.25) is 0 Å². The van der Waals surface area contributed by atoms with Crippen LogP contribution in [0.15, 0.2) is 48.5 Å². The smallest absolute Gasteiger partial charge is 0.154 e. The molecule has 0 aromatic heterocycles. The molecule has 0 saturated heterocycles. The second-order valence-electron chi connectivity index (χ2n) is 5.30. The third-order valence-electron chi connectivity index (χ3n) is 3.57. The quantitative estimate of drug-likeness (QED) is 0.680. The lowest BCUT2D eigenvalue weighted by atomic mass is 10.00. The fourth-order valence-electron chi connectivity index (χ4n) is 2.36. The van der Waals surface area contributed by atoms with Crippen LogP contribution < -0.4 is 0 Å². The molecular weight excluding hydrogens is 330 g/mol. The molecule has 0 heterocycles. The minimum atomic E-state index is -1.89. The van der Waals surface area contributed by atoms with Crippen molar-refractivity contribution in [1.29, 1.82) is 5.26 Å². The molecule has 0 aliphatic carbocycles. The van der Waals surface area contributed by atoms with Crippen LogP contribution in [-0.4, -0.2) is 14.5 Å². The first-order chi connectivity index (χ1) is 12.1. The van der Waals surface area contributed by atoms with Crippen LogP contribution in [0.1, 0.15) is 35.1 Å². The third-order valence-corrected chi connectivity index (χ3v) is 4.19. The standard InChI is InChI=1S/C21H17NO2S/c1-2-5-21(16-25(23)24)20-12-9-17(10-13-20)8-11-18-6-3-4-7-19(18)14-15-22/h3-4,6-7,9-10,12-13,21H,14,16H2,1H3,(H,23,24). The van der Waals surface area contributed by atoms with Gasteiger partial charge < -0.3 is 4.55 Å². The van der Waals surface area contributed by atoms with Gasteiger partial charge in [-0.2, -0.15) is 5.26 Å². The fourth-order valence-corrected chi connectivity index (χ4v) is 2.92.